The quantitative estimate of drug-likeness (QED) is 0.379. The highest BCUT2D eigenvalue weighted by molar-refractivity contribution is 6.03. The Bertz CT molecular complexity index is 1200. The minimum atomic E-state index is -0.249. The van der Waals surface area contributed by atoms with Crippen molar-refractivity contribution in [1.29, 1.82) is 0 Å². The zero-order valence-electron chi connectivity index (χ0n) is 17.8. The summed E-state index contributed by atoms with van der Waals surface area (Å²) in [6.45, 7) is 4.31. The monoisotopic (exact) mass is 412 g/mol. The number of aromatic nitrogens is 1. The van der Waals surface area contributed by atoms with E-state index in [0.717, 1.165) is 16.6 Å². The van der Waals surface area contributed by atoms with Crippen LogP contribution in [0.4, 0.5) is 5.69 Å². The molecule has 4 rings (SSSR count). The first-order valence-electron chi connectivity index (χ1n) is 10.2. The van der Waals surface area contributed by atoms with E-state index in [1.807, 2.05) is 42.5 Å². The molecule has 4 aromatic rings. The number of carbonyl (C=O) groups excluding carboxylic acids is 1. The fourth-order valence-corrected chi connectivity index (χ4v) is 3.27. The van der Waals surface area contributed by atoms with Crippen LogP contribution in [0.3, 0.4) is 0 Å². The summed E-state index contributed by atoms with van der Waals surface area (Å²) in [4.78, 5) is 17.0. The summed E-state index contributed by atoms with van der Waals surface area (Å²) in [5.74, 6) is 1.27. The minimum absolute atomic E-state index is 0.249. The van der Waals surface area contributed by atoms with Gasteiger partial charge in [0.15, 0.2) is 5.58 Å². The van der Waals surface area contributed by atoms with Crippen molar-refractivity contribution in [2.45, 2.75) is 19.8 Å². The molecule has 1 N–H and O–H groups in total. The number of para-hydroxylation sites is 2. The Morgan fingerprint density at radius 2 is 1.84 bits per heavy atom. The molecular formula is C26H24N2O3. The molecule has 3 aromatic carbocycles. The third-order valence-corrected chi connectivity index (χ3v) is 5.03. The lowest BCUT2D eigenvalue weighted by Gasteiger charge is -2.10. The van der Waals surface area contributed by atoms with E-state index < -0.39 is 0 Å². The summed E-state index contributed by atoms with van der Waals surface area (Å²) in [6.07, 6.45) is 3.30. The van der Waals surface area contributed by atoms with E-state index in [1.165, 1.54) is 11.6 Å². The Morgan fingerprint density at radius 3 is 2.55 bits per heavy atom. The van der Waals surface area contributed by atoms with Crippen molar-refractivity contribution < 1.29 is 13.9 Å². The smallest absolute Gasteiger partial charge is 0.248 e. The Balaban J connectivity index is 1.54. The van der Waals surface area contributed by atoms with Crippen LogP contribution in [0.15, 0.2) is 77.2 Å². The fraction of sp³-hybridized carbons (Fsp3) is 0.154. The van der Waals surface area contributed by atoms with E-state index in [4.69, 9.17) is 9.15 Å². The number of benzene rings is 3. The zero-order valence-corrected chi connectivity index (χ0v) is 17.8. The molecule has 31 heavy (non-hydrogen) atoms. The summed E-state index contributed by atoms with van der Waals surface area (Å²) < 4.78 is 11.2. The van der Waals surface area contributed by atoms with Gasteiger partial charge in [-0.25, -0.2) is 4.98 Å². The van der Waals surface area contributed by atoms with Gasteiger partial charge >= 0.3 is 0 Å². The maximum atomic E-state index is 12.5. The summed E-state index contributed by atoms with van der Waals surface area (Å²) in [7, 11) is 1.57. The van der Waals surface area contributed by atoms with Gasteiger partial charge in [0.2, 0.25) is 11.8 Å². The molecule has 156 valence electrons. The predicted molar refractivity (Wildman–Crippen MR) is 124 cm³/mol. The van der Waals surface area contributed by atoms with Crippen LogP contribution < -0.4 is 10.1 Å². The van der Waals surface area contributed by atoms with Crippen molar-refractivity contribution in [3.05, 3.63) is 83.9 Å². The number of anilines is 1. The standard InChI is InChI=1S/C26H24N2O3/c1-17(2)19-11-8-18(9-12-19)10-15-25(29)27-22-16-20(13-14-23(22)30-3)26-28-21-6-4-5-7-24(21)31-26/h4-17H,1-3H3,(H,27,29). The number of carbonyl (C=O) groups is 1. The number of ether oxygens (including phenoxy) is 1. The second-order valence-electron chi connectivity index (χ2n) is 7.55. The molecule has 0 unspecified atom stereocenters. The highest BCUT2D eigenvalue weighted by Gasteiger charge is 2.12. The second kappa shape index (κ2) is 8.88. The lowest BCUT2D eigenvalue weighted by Crippen LogP contribution is -2.09. The average molecular weight is 412 g/mol. The first kappa shape index (κ1) is 20.4. The molecule has 0 saturated carbocycles. The highest BCUT2D eigenvalue weighted by Crippen LogP contribution is 2.32. The predicted octanol–water partition coefficient (Wildman–Crippen LogP) is 6.28. The van der Waals surface area contributed by atoms with Gasteiger partial charge in [0.05, 0.1) is 12.8 Å². The van der Waals surface area contributed by atoms with Crippen molar-refractivity contribution in [1.82, 2.24) is 4.98 Å². The highest BCUT2D eigenvalue weighted by atomic mass is 16.5. The Labute approximate surface area is 181 Å². The number of oxazole rings is 1. The molecule has 1 amide bonds. The molecule has 5 nitrogen and oxygen atoms in total. The molecular weight excluding hydrogens is 388 g/mol. The normalized spacial score (nSPS) is 11.4. The third kappa shape index (κ3) is 4.67. The maximum absolute atomic E-state index is 12.5. The molecule has 0 aliphatic rings. The van der Waals surface area contributed by atoms with Gasteiger partial charge < -0.3 is 14.5 Å². The Kier molecular flexibility index (Phi) is 5.85. The van der Waals surface area contributed by atoms with Gasteiger partial charge in [0.1, 0.15) is 11.3 Å². The summed E-state index contributed by atoms with van der Waals surface area (Å²) in [5.41, 5.74) is 5.03. The molecule has 5 heteroatoms. The van der Waals surface area contributed by atoms with E-state index in [2.05, 4.69) is 36.3 Å². The number of amides is 1. The first-order chi connectivity index (χ1) is 15.0. The van der Waals surface area contributed by atoms with Gasteiger partial charge in [0, 0.05) is 11.6 Å². The molecule has 0 aliphatic carbocycles. The first-order valence-corrected chi connectivity index (χ1v) is 10.2. The van der Waals surface area contributed by atoms with E-state index in [9.17, 15) is 4.79 Å². The van der Waals surface area contributed by atoms with Crippen LogP contribution in [0, 0.1) is 0 Å². The van der Waals surface area contributed by atoms with Crippen molar-refractivity contribution in [2.75, 3.05) is 12.4 Å². The van der Waals surface area contributed by atoms with Gasteiger partial charge in [-0.2, -0.15) is 0 Å². The summed E-state index contributed by atoms with van der Waals surface area (Å²) >= 11 is 0. The van der Waals surface area contributed by atoms with Gasteiger partial charge in [-0.15, -0.1) is 0 Å². The summed E-state index contributed by atoms with van der Waals surface area (Å²) in [5, 5.41) is 2.89. The molecule has 0 atom stereocenters. The maximum Gasteiger partial charge on any atom is 0.248 e. The topological polar surface area (TPSA) is 64.4 Å². The fourth-order valence-electron chi connectivity index (χ4n) is 3.27. The van der Waals surface area contributed by atoms with Crippen LogP contribution >= 0.6 is 0 Å². The number of nitrogens with one attached hydrogen (secondary N) is 1. The number of methoxy groups -OCH3 is 1. The van der Waals surface area contributed by atoms with Crippen molar-refractivity contribution >= 4 is 28.8 Å². The van der Waals surface area contributed by atoms with Crippen molar-refractivity contribution in [3.63, 3.8) is 0 Å². The van der Waals surface area contributed by atoms with Gasteiger partial charge in [-0.1, -0.05) is 50.2 Å². The van der Waals surface area contributed by atoms with Crippen LogP contribution in [0.1, 0.15) is 30.9 Å². The van der Waals surface area contributed by atoms with Crippen LogP contribution in [0.2, 0.25) is 0 Å². The van der Waals surface area contributed by atoms with Crippen LogP contribution in [-0.2, 0) is 4.79 Å². The van der Waals surface area contributed by atoms with E-state index in [-0.39, 0.29) is 5.91 Å². The average Bonchev–Trinajstić information content (AvgIpc) is 3.22. The third-order valence-electron chi connectivity index (χ3n) is 5.03. The number of hydrogen-bond acceptors (Lipinski definition) is 4. The van der Waals surface area contributed by atoms with Gasteiger partial charge in [0.25, 0.3) is 0 Å². The van der Waals surface area contributed by atoms with Crippen molar-refractivity contribution in [3.8, 4) is 17.2 Å². The lowest BCUT2D eigenvalue weighted by molar-refractivity contribution is -0.111. The summed E-state index contributed by atoms with van der Waals surface area (Å²) in [6, 6.07) is 21.2. The van der Waals surface area contributed by atoms with Crippen LogP contribution in [0.5, 0.6) is 5.75 Å². The molecule has 1 aromatic heterocycles. The molecule has 0 spiro atoms. The molecule has 0 saturated heterocycles. The minimum Gasteiger partial charge on any atom is -0.495 e. The largest absolute Gasteiger partial charge is 0.495 e. The number of rotatable bonds is 6. The van der Waals surface area contributed by atoms with Crippen molar-refractivity contribution in [2.24, 2.45) is 0 Å². The number of nitrogens with zero attached hydrogens (tertiary/aromatic N) is 1. The van der Waals surface area contributed by atoms with E-state index in [1.54, 1.807) is 25.3 Å². The van der Waals surface area contributed by atoms with Gasteiger partial charge in [-0.3, -0.25) is 4.79 Å². The molecule has 0 aliphatic heterocycles. The number of hydrogen-bond donors (Lipinski definition) is 1. The molecule has 0 radical (unpaired) electrons. The molecule has 0 fully saturated rings. The van der Waals surface area contributed by atoms with E-state index in [0.29, 0.717) is 28.8 Å². The van der Waals surface area contributed by atoms with Crippen LogP contribution in [0.25, 0.3) is 28.6 Å². The van der Waals surface area contributed by atoms with E-state index >= 15 is 0 Å². The van der Waals surface area contributed by atoms with Crippen LogP contribution in [-0.4, -0.2) is 18.0 Å². The Morgan fingerprint density at radius 1 is 1.06 bits per heavy atom. The van der Waals surface area contributed by atoms with Gasteiger partial charge in [-0.05, 0) is 53.5 Å². The number of fused-ring (bicyclic) bond motifs is 1. The molecule has 1 heterocycles. The lowest BCUT2D eigenvalue weighted by atomic mass is 10.0. The molecule has 0 bridgehead atoms. The second-order valence-corrected chi connectivity index (χ2v) is 7.55. The SMILES string of the molecule is COc1ccc(-c2nc3ccccc3o2)cc1NC(=O)C=Cc1ccc(C(C)C)cc1. The Hall–Kier alpha value is -3.86. The zero-order chi connectivity index (χ0) is 21.8.